The first-order valence-electron chi connectivity index (χ1n) is 4.35. The Bertz CT molecular complexity index is 472. The molecule has 68 valence electrons. The van der Waals surface area contributed by atoms with E-state index in [1.807, 2.05) is 43.7 Å². The molecule has 0 aliphatic rings. The Hall–Kier alpha value is -2.01. The van der Waals surface area contributed by atoms with Gasteiger partial charge in [0.25, 0.3) is 0 Å². The van der Waals surface area contributed by atoms with Gasteiger partial charge < -0.3 is 0 Å². The van der Waals surface area contributed by atoms with E-state index in [9.17, 15) is 0 Å². The summed E-state index contributed by atoms with van der Waals surface area (Å²) in [7, 11) is 1.90. The Morgan fingerprint density at radius 3 is 2.43 bits per heavy atom. The summed E-state index contributed by atoms with van der Waals surface area (Å²) in [5.74, 6) is 2.59. The quantitative estimate of drug-likeness (QED) is 0.617. The van der Waals surface area contributed by atoms with Gasteiger partial charge in [-0.05, 0) is 17.7 Å². The van der Waals surface area contributed by atoms with Gasteiger partial charge in [-0.25, -0.2) is 0 Å². The second-order valence-corrected chi connectivity index (χ2v) is 3.12. The molecule has 1 aromatic heterocycles. The normalized spacial score (nSPS) is 9.71. The third kappa shape index (κ3) is 1.53. The average molecular weight is 182 g/mol. The van der Waals surface area contributed by atoms with Gasteiger partial charge in [0.15, 0.2) is 0 Å². The minimum atomic E-state index is 0.901. The zero-order valence-corrected chi connectivity index (χ0v) is 7.94. The maximum absolute atomic E-state index is 5.28. The van der Waals surface area contributed by atoms with E-state index in [-0.39, 0.29) is 0 Å². The van der Waals surface area contributed by atoms with E-state index >= 15 is 0 Å². The first-order valence-corrected chi connectivity index (χ1v) is 4.35. The predicted molar refractivity (Wildman–Crippen MR) is 56.6 cm³/mol. The lowest BCUT2D eigenvalue weighted by Crippen LogP contribution is -1.84. The lowest BCUT2D eigenvalue weighted by Gasteiger charge is -1.96. The highest BCUT2D eigenvalue weighted by Crippen LogP contribution is 2.18. The highest BCUT2D eigenvalue weighted by Gasteiger charge is 1.98. The van der Waals surface area contributed by atoms with Gasteiger partial charge in [-0.1, -0.05) is 18.1 Å². The molecule has 0 amide bonds. The van der Waals surface area contributed by atoms with Crippen LogP contribution in [0.4, 0.5) is 0 Å². The van der Waals surface area contributed by atoms with Crippen LogP contribution in [0.1, 0.15) is 5.56 Å². The summed E-state index contributed by atoms with van der Waals surface area (Å²) >= 11 is 0. The van der Waals surface area contributed by atoms with Crippen LogP contribution in [0.15, 0.2) is 36.7 Å². The van der Waals surface area contributed by atoms with Crippen molar-refractivity contribution in [1.82, 2.24) is 9.78 Å². The molecule has 1 heterocycles. The molecule has 2 aromatic rings. The topological polar surface area (TPSA) is 17.8 Å². The molecule has 0 radical (unpaired) electrons. The van der Waals surface area contributed by atoms with Crippen LogP contribution < -0.4 is 0 Å². The molecule has 2 nitrogen and oxygen atoms in total. The highest BCUT2D eigenvalue weighted by atomic mass is 15.2. The van der Waals surface area contributed by atoms with Gasteiger partial charge in [-0.3, -0.25) is 4.68 Å². The first kappa shape index (κ1) is 8.58. The summed E-state index contributed by atoms with van der Waals surface area (Å²) in [6, 6.07) is 7.88. The van der Waals surface area contributed by atoms with Crippen molar-refractivity contribution in [2.75, 3.05) is 0 Å². The van der Waals surface area contributed by atoms with Crippen molar-refractivity contribution in [2.24, 2.45) is 7.05 Å². The molecule has 0 saturated heterocycles. The van der Waals surface area contributed by atoms with E-state index in [0.717, 1.165) is 16.7 Å². The van der Waals surface area contributed by atoms with Crippen molar-refractivity contribution < 1.29 is 0 Å². The lowest BCUT2D eigenvalue weighted by molar-refractivity contribution is 0.768. The Kier molecular flexibility index (Phi) is 2.08. The molecule has 0 fully saturated rings. The molecule has 0 N–H and O–H groups in total. The zero-order valence-electron chi connectivity index (χ0n) is 7.94. The third-order valence-corrected chi connectivity index (χ3v) is 2.09. The van der Waals surface area contributed by atoms with Crippen LogP contribution in [-0.2, 0) is 7.05 Å². The van der Waals surface area contributed by atoms with Gasteiger partial charge in [0.05, 0.1) is 6.20 Å². The average Bonchev–Trinajstić information content (AvgIpc) is 2.65. The third-order valence-electron chi connectivity index (χ3n) is 2.09. The van der Waals surface area contributed by atoms with Crippen LogP contribution in [0.3, 0.4) is 0 Å². The summed E-state index contributed by atoms with van der Waals surface area (Å²) in [4.78, 5) is 0. The van der Waals surface area contributed by atoms with Gasteiger partial charge in [0, 0.05) is 24.4 Å². The van der Waals surface area contributed by atoms with Crippen molar-refractivity contribution in [2.45, 2.75) is 0 Å². The standard InChI is InChI=1S/C12H10N2/c1-3-10-4-6-11(7-5-10)12-8-13-14(2)9-12/h1,4-9H,2H3. The van der Waals surface area contributed by atoms with Gasteiger partial charge in [0.2, 0.25) is 0 Å². The van der Waals surface area contributed by atoms with Crippen LogP contribution in [-0.4, -0.2) is 9.78 Å². The maximum Gasteiger partial charge on any atom is 0.0568 e. The fourth-order valence-corrected chi connectivity index (χ4v) is 1.33. The van der Waals surface area contributed by atoms with E-state index in [1.165, 1.54) is 0 Å². The number of terminal acetylenes is 1. The van der Waals surface area contributed by atoms with Crippen molar-refractivity contribution in [3.8, 4) is 23.5 Å². The second-order valence-electron chi connectivity index (χ2n) is 3.12. The number of aromatic nitrogens is 2. The molecule has 0 saturated carbocycles. The molecule has 0 unspecified atom stereocenters. The summed E-state index contributed by atoms with van der Waals surface area (Å²) in [6.07, 6.45) is 9.09. The number of aryl methyl sites for hydroxylation is 1. The van der Waals surface area contributed by atoms with E-state index in [1.54, 1.807) is 4.68 Å². The van der Waals surface area contributed by atoms with E-state index in [2.05, 4.69) is 11.0 Å². The van der Waals surface area contributed by atoms with Crippen molar-refractivity contribution in [3.63, 3.8) is 0 Å². The van der Waals surface area contributed by atoms with Gasteiger partial charge in [-0.15, -0.1) is 6.42 Å². The van der Waals surface area contributed by atoms with Crippen molar-refractivity contribution in [3.05, 3.63) is 42.2 Å². The fraction of sp³-hybridized carbons (Fsp3) is 0.0833. The molecular weight excluding hydrogens is 172 g/mol. The summed E-state index contributed by atoms with van der Waals surface area (Å²) in [5.41, 5.74) is 3.14. The summed E-state index contributed by atoms with van der Waals surface area (Å²) in [6.45, 7) is 0. The largest absolute Gasteiger partial charge is 0.275 e. The summed E-state index contributed by atoms with van der Waals surface area (Å²) in [5, 5.41) is 4.11. The fourth-order valence-electron chi connectivity index (χ4n) is 1.33. The number of rotatable bonds is 1. The molecule has 0 bridgehead atoms. The molecule has 1 aromatic carbocycles. The van der Waals surface area contributed by atoms with Crippen LogP contribution >= 0.6 is 0 Å². The minimum absolute atomic E-state index is 0.901. The van der Waals surface area contributed by atoms with E-state index in [4.69, 9.17) is 6.42 Å². The summed E-state index contributed by atoms with van der Waals surface area (Å²) < 4.78 is 1.78. The molecule has 0 atom stereocenters. The number of hydrogen-bond acceptors (Lipinski definition) is 1. The van der Waals surface area contributed by atoms with Crippen molar-refractivity contribution in [1.29, 1.82) is 0 Å². The molecular formula is C12H10N2. The Labute approximate surface area is 83.2 Å². The second kappa shape index (κ2) is 3.39. The van der Waals surface area contributed by atoms with Crippen molar-refractivity contribution >= 4 is 0 Å². The van der Waals surface area contributed by atoms with Gasteiger partial charge in [-0.2, -0.15) is 5.10 Å². The Balaban J connectivity index is 2.39. The van der Waals surface area contributed by atoms with Gasteiger partial charge >= 0.3 is 0 Å². The first-order chi connectivity index (χ1) is 6.79. The van der Waals surface area contributed by atoms with Gasteiger partial charge in [0.1, 0.15) is 0 Å². The van der Waals surface area contributed by atoms with E-state index < -0.39 is 0 Å². The van der Waals surface area contributed by atoms with Crippen LogP contribution in [0.5, 0.6) is 0 Å². The number of hydrogen-bond donors (Lipinski definition) is 0. The number of benzene rings is 1. The molecule has 14 heavy (non-hydrogen) atoms. The zero-order chi connectivity index (χ0) is 9.97. The molecule has 2 heteroatoms. The van der Waals surface area contributed by atoms with Crippen LogP contribution in [0.2, 0.25) is 0 Å². The highest BCUT2D eigenvalue weighted by molar-refractivity contribution is 5.62. The molecule has 0 aliphatic heterocycles. The monoisotopic (exact) mass is 182 g/mol. The SMILES string of the molecule is C#Cc1ccc(-c2cnn(C)c2)cc1. The van der Waals surface area contributed by atoms with Crippen LogP contribution in [0.25, 0.3) is 11.1 Å². The maximum atomic E-state index is 5.28. The number of nitrogens with zero attached hydrogens (tertiary/aromatic N) is 2. The predicted octanol–water partition coefficient (Wildman–Crippen LogP) is 2.07. The lowest BCUT2D eigenvalue weighted by atomic mass is 10.1. The molecule has 0 spiro atoms. The molecule has 0 aliphatic carbocycles. The minimum Gasteiger partial charge on any atom is -0.275 e. The van der Waals surface area contributed by atoms with Crippen LogP contribution in [0, 0.1) is 12.3 Å². The Morgan fingerprint density at radius 1 is 1.21 bits per heavy atom. The van der Waals surface area contributed by atoms with E-state index in [0.29, 0.717) is 0 Å². The molecule has 2 rings (SSSR count). The Morgan fingerprint density at radius 2 is 1.93 bits per heavy atom. The smallest absolute Gasteiger partial charge is 0.0568 e.